The molecule has 0 unspecified atom stereocenters. The molecule has 2 aliphatic carbocycles. The molecule has 1 aromatic carbocycles. The maximum absolute atomic E-state index is 12.5. The third kappa shape index (κ3) is 2.72. The van der Waals surface area contributed by atoms with E-state index < -0.39 is 0 Å². The second-order valence-corrected chi connectivity index (χ2v) is 7.90. The fourth-order valence-electron chi connectivity index (χ4n) is 4.59. The molecule has 0 aromatic heterocycles. The predicted molar refractivity (Wildman–Crippen MR) is 90.8 cm³/mol. The van der Waals surface area contributed by atoms with E-state index in [1.165, 1.54) is 37.5 Å². The molecule has 3 aliphatic rings. The number of fused-ring (bicyclic) bond motifs is 1. The lowest BCUT2D eigenvalue weighted by molar-refractivity contribution is -0.128. The van der Waals surface area contributed by atoms with E-state index in [0.717, 1.165) is 38.3 Å². The van der Waals surface area contributed by atoms with Gasteiger partial charge in [-0.1, -0.05) is 12.5 Å². The number of nitrogens with zero attached hydrogens (tertiary/aromatic N) is 1. The minimum atomic E-state index is -0.286. The number of methoxy groups -OCH3 is 1. The monoisotopic (exact) mass is 327 g/mol. The standard InChI is InChI=1S/C20H25NO3/c1-24-19(23)16-6-5-15-7-8-20(10-17(15)9-16)11-18(22)21(13-20)12-14-3-2-4-14/h5-6,9,14H,2-4,7-8,10-13H2,1H3/t20-/m1/s1. The van der Waals surface area contributed by atoms with Crippen LogP contribution in [0.3, 0.4) is 0 Å². The van der Waals surface area contributed by atoms with Gasteiger partial charge in [0.25, 0.3) is 0 Å². The molecule has 2 fully saturated rings. The van der Waals surface area contributed by atoms with Crippen LogP contribution in [0.1, 0.15) is 53.6 Å². The smallest absolute Gasteiger partial charge is 0.337 e. The first-order valence-electron chi connectivity index (χ1n) is 9.06. The second kappa shape index (κ2) is 5.91. The molecule has 128 valence electrons. The summed E-state index contributed by atoms with van der Waals surface area (Å²) in [5, 5.41) is 0. The van der Waals surface area contributed by atoms with Crippen LogP contribution in [-0.4, -0.2) is 37.0 Å². The summed E-state index contributed by atoms with van der Waals surface area (Å²) >= 11 is 0. The molecule has 0 radical (unpaired) electrons. The van der Waals surface area contributed by atoms with Crippen LogP contribution in [0.2, 0.25) is 0 Å². The van der Waals surface area contributed by atoms with Crippen molar-refractivity contribution in [2.24, 2.45) is 11.3 Å². The van der Waals surface area contributed by atoms with Gasteiger partial charge in [0.15, 0.2) is 0 Å². The summed E-state index contributed by atoms with van der Waals surface area (Å²) in [5.41, 5.74) is 3.23. The number of amides is 1. The maximum Gasteiger partial charge on any atom is 0.337 e. The highest BCUT2D eigenvalue weighted by Gasteiger charge is 2.45. The molecule has 1 atom stereocenters. The lowest BCUT2D eigenvalue weighted by Crippen LogP contribution is -2.36. The number of likely N-dealkylation sites (tertiary alicyclic amines) is 1. The normalized spacial score (nSPS) is 26.4. The van der Waals surface area contributed by atoms with Crippen LogP contribution in [0.15, 0.2) is 18.2 Å². The average molecular weight is 327 g/mol. The first kappa shape index (κ1) is 15.7. The minimum absolute atomic E-state index is 0.0720. The summed E-state index contributed by atoms with van der Waals surface area (Å²) in [6, 6.07) is 5.88. The number of carbonyl (C=O) groups is 2. The van der Waals surface area contributed by atoms with Crippen LogP contribution in [-0.2, 0) is 22.4 Å². The van der Waals surface area contributed by atoms with Gasteiger partial charge in [-0.2, -0.15) is 0 Å². The molecule has 24 heavy (non-hydrogen) atoms. The number of hydrogen-bond donors (Lipinski definition) is 0. The Morgan fingerprint density at radius 1 is 1.29 bits per heavy atom. The predicted octanol–water partition coefficient (Wildman–Crippen LogP) is 2.98. The Kier molecular flexibility index (Phi) is 3.86. The van der Waals surface area contributed by atoms with Gasteiger partial charge in [0.05, 0.1) is 12.7 Å². The van der Waals surface area contributed by atoms with Gasteiger partial charge >= 0.3 is 5.97 Å². The van der Waals surface area contributed by atoms with Gasteiger partial charge < -0.3 is 9.64 Å². The molecular formula is C20H25NO3. The van der Waals surface area contributed by atoms with Gasteiger partial charge in [0.2, 0.25) is 5.91 Å². The molecule has 0 N–H and O–H groups in total. The van der Waals surface area contributed by atoms with Crippen molar-refractivity contribution < 1.29 is 14.3 Å². The highest BCUT2D eigenvalue weighted by molar-refractivity contribution is 5.89. The van der Waals surface area contributed by atoms with E-state index in [2.05, 4.69) is 11.0 Å². The Balaban J connectivity index is 1.52. The number of hydrogen-bond acceptors (Lipinski definition) is 3. The first-order chi connectivity index (χ1) is 11.6. The number of benzene rings is 1. The SMILES string of the molecule is COC(=O)c1ccc2c(c1)C[C@]1(CC2)CC(=O)N(CC2CCC2)C1. The largest absolute Gasteiger partial charge is 0.465 e. The first-order valence-corrected chi connectivity index (χ1v) is 9.06. The Labute approximate surface area is 143 Å². The van der Waals surface area contributed by atoms with E-state index in [1.807, 2.05) is 12.1 Å². The molecule has 1 heterocycles. The third-order valence-corrected chi connectivity index (χ3v) is 6.23. The van der Waals surface area contributed by atoms with Gasteiger partial charge in [-0.15, -0.1) is 0 Å². The highest BCUT2D eigenvalue weighted by atomic mass is 16.5. The van der Waals surface area contributed by atoms with Crippen molar-refractivity contribution in [3.63, 3.8) is 0 Å². The zero-order valence-electron chi connectivity index (χ0n) is 14.3. The van der Waals surface area contributed by atoms with Crippen molar-refractivity contribution in [3.05, 3.63) is 34.9 Å². The summed E-state index contributed by atoms with van der Waals surface area (Å²) in [5.74, 6) is 0.770. The van der Waals surface area contributed by atoms with Crippen LogP contribution in [0.5, 0.6) is 0 Å². The number of ether oxygens (including phenoxy) is 1. The number of esters is 1. The maximum atomic E-state index is 12.5. The van der Waals surface area contributed by atoms with Gasteiger partial charge in [-0.25, -0.2) is 4.79 Å². The summed E-state index contributed by atoms with van der Waals surface area (Å²) in [4.78, 5) is 26.4. The molecule has 1 saturated heterocycles. The van der Waals surface area contributed by atoms with Gasteiger partial charge in [-0.05, 0) is 61.3 Å². The van der Waals surface area contributed by atoms with Crippen molar-refractivity contribution in [2.75, 3.05) is 20.2 Å². The van der Waals surface area contributed by atoms with Crippen molar-refractivity contribution in [1.29, 1.82) is 0 Å². The summed E-state index contributed by atoms with van der Waals surface area (Å²) < 4.78 is 4.84. The van der Waals surface area contributed by atoms with Crippen LogP contribution in [0.25, 0.3) is 0 Å². The average Bonchev–Trinajstić information content (AvgIpc) is 2.84. The van der Waals surface area contributed by atoms with Crippen molar-refractivity contribution >= 4 is 11.9 Å². The molecule has 4 nitrogen and oxygen atoms in total. The molecule has 4 rings (SSSR count). The Bertz CT molecular complexity index is 679. The number of carbonyl (C=O) groups excluding carboxylic acids is 2. The lowest BCUT2D eigenvalue weighted by atomic mass is 9.70. The zero-order valence-corrected chi connectivity index (χ0v) is 14.3. The van der Waals surface area contributed by atoms with E-state index in [9.17, 15) is 9.59 Å². The molecule has 0 bridgehead atoms. The van der Waals surface area contributed by atoms with E-state index in [1.54, 1.807) is 0 Å². The Morgan fingerprint density at radius 3 is 2.83 bits per heavy atom. The van der Waals surface area contributed by atoms with Crippen molar-refractivity contribution in [3.8, 4) is 0 Å². The minimum Gasteiger partial charge on any atom is -0.465 e. The topological polar surface area (TPSA) is 46.6 Å². The zero-order chi connectivity index (χ0) is 16.7. The third-order valence-electron chi connectivity index (χ3n) is 6.23. The molecule has 1 spiro atoms. The van der Waals surface area contributed by atoms with E-state index >= 15 is 0 Å². The fraction of sp³-hybridized carbons (Fsp3) is 0.600. The summed E-state index contributed by atoms with van der Waals surface area (Å²) in [6.45, 7) is 1.85. The van der Waals surface area contributed by atoms with Gasteiger partial charge in [-0.3, -0.25) is 4.79 Å². The molecule has 4 heteroatoms. The highest BCUT2D eigenvalue weighted by Crippen LogP contribution is 2.44. The number of aryl methyl sites for hydroxylation is 1. The van der Waals surface area contributed by atoms with Crippen LogP contribution >= 0.6 is 0 Å². The summed E-state index contributed by atoms with van der Waals surface area (Å²) in [7, 11) is 1.41. The van der Waals surface area contributed by atoms with Gasteiger partial charge in [0, 0.05) is 24.9 Å². The molecule has 1 aromatic rings. The van der Waals surface area contributed by atoms with Crippen LogP contribution in [0.4, 0.5) is 0 Å². The second-order valence-electron chi connectivity index (χ2n) is 7.90. The fourth-order valence-corrected chi connectivity index (χ4v) is 4.59. The van der Waals surface area contributed by atoms with E-state index in [-0.39, 0.29) is 11.4 Å². The molecular weight excluding hydrogens is 302 g/mol. The number of rotatable bonds is 3. The molecule has 1 aliphatic heterocycles. The lowest BCUT2D eigenvalue weighted by Gasteiger charge is -2.35. The quantitative estimate of drug-likeness (QED) is 0.802. The van der Waals surface area contributed by atoms with Crippen LogP contribution < -0.4 is 0 Å². The summed E-state index contributed by atoms with van der Waals surface area (Å²) in [6.07, 6.45) is 7.53. The Hall–Kier alpha value is -1.84. The molecule has 1 saturated carbocycles. The Morgan fingerprint density at radius 2 is 2.12 bits per heavy atom. The molecule has 1 amide bonds. The van der Waals surface area contributed by atoms with Crippen molar-refractivity contribution in [1.82, 2.24) is 4.90 Å². The van der Waals surface area contributed by atoms with Crippen LogP contribution in [0, 0.1) is 11.3 Å². The van der Waals surface area contributed by atoms with Crippen molar-refractivity contribution in [2.45, 2.75) is 44.9 Å². The van der Waals surface area contributed by atoms with E-state index in [0.29, 0.717) is 17.9 Å². The van der Waals surface area contributed by atoms with E-state index in [4.69, 9.17) is 4.74 Å². The van der Waals surface area contributed by atoms with Gasteiger partial charge in [0.1, 0.15) is 0 Å².